The number of hydrogen-bond donors (Lipinski definition) is 0. The molecular weight excluding hydrogens is 1060 g/mol. The summed E-state index contributed by atoms with van der Waals surface area (Å²) in [5.74, 6) is 0.971. The average Bonchev–Trinajstić information content (AvgIpc) is 0.797. The lowest BCUT2D eigenvalue weighted by atomic mass is 9.48. The monoisotopic (exact) mass is 1120 g/mol. The van der Waals surface area contributed by atoms with E-state index >= 15 is 0 Å². The van der Waals surface area contributed by atoms with Crippen LogP contribution < -0.4 is 9.47 Å². The Labute approximate surface area is 499 Å². The maximum absolute atomic E-state index is 14.0. The number of carbonyl (C=O) groups is 2. The molecular formula is C80H62O6. The first-order chi connectivity index (χ1) is 42.5. The molecule has 14 aromatic rings. The van der Waals surface area contributed by atoms with Gasteiger partial charge in [-0.2, -0.15) is 0 Å². The summed E-state index contributed by atoms with van der Waals surface area (Å²) in [6, 6.07) is 82.8. The maximum atomic E-state index is 14.0. The topological polar surface area (TPSA) is 71.1 Å². The van der Waals surface area contributed by atoms with Crippen molar-refractivity contribution >= 4 is 98.1 Å². The van der Waals surface area contributed by atoms with E-state index in [4.69, 9.17) is 18.9 Å². The SMILES string of the molecule is O=C1OCCCCCOc2ccc3ccccc3c2-c2c(ccc3ccccc23)OCCCCCOC(=O)c2ccc(cc2)C2C(c3ccc1cc3)C(c1ccc3ccc4cccc5ccc1c3c45)C2c1ccc2ccc3cccc4ccc1c2c34. The van der Waals surface area contributed by atoms with Crippen molar-refractivity contribution < 1.29 is 28.5 Å². The first-order valence-electron chi connectivity index (χ1n) is 30.7. The van der Waals surface area contributed by atoms with Gasteiger partial charge in [0.2, 0.25) is 0 Å². The molecule has 0 aromatic heterocycles. The van der Waals surface area contributed by atoms with Gasteiger partial charge in [-0.3, -0.25) is 0 Å². The van der Waals surface area contributed by atoms with Crippen LogP contribution >= 0.6 is 0 Å². The van der Waals surface area contributed by atoms with E-state index in [-0.39, 0.29) is 35.6 Å². The Morgan fingerprint density at radius 3 is 1.01 bits per heavy atom. The van der Waals surface area contributed by atoms with E-state index in [2.05, 4.69) is 206 Å². The van der Waals surface area contributed by atoms with Gasteiger partial charge in [0.25, 0.3) is 0 Å². The van der Waals surface area contributed by atoms with Crippen molar-refractivity contribution in [2.75, 3.05) is 26.4 Å². The zero-order valence-electron chi connectivity index (χ0n) is 47.8. The molecule has 4 bridgehead atoms. The third-order valence-electron chi connectivity index (χ3n) is 19.0. The van der Waals surface area contributed by atoms with Crippen molar-refractivity contribution in [2.24, 2.45) is 0 Å². The molecule has 1 aliphatic carbocycles. The van der Waals surface area contributed by atoms with Crippen LogP contribution in [0.15, 0.2) is 231 Å². The molecule has 3 heterocycles. The van der Waals surface area contributed by atoms with Crippen LogP contribution in [0.3, 0.4) is 0 Å². The third-order valence-corrected chi connectivity index (χ3v) is 19.0. The van der Waals surface area contributed by atoms with Gasteiger partial charge < -0.3 is 18.9 Å². The zero-order chi connectivity index (χ0) is 57.2. The van der Waals surface area contributed by atoms with E-state index in [1.165, 1.54) is 75.8 Å². The summed E-state index contributed by atoms with van der Waals surface area (Å²) in [4.78, 5) is 28.0. The highest BCUT2D eigenvalue weighted by Gasteiger charge is 2.53. The Morgan fingerprint density at radius 1 is 0.256 bits per heavy atom. The minimum Gasteiger partial charge on any atom is -0.493 e. The molecule has 3 aliphatic heterocycles. The predicted octanol–water partition coefficient (Wildman–Crippen LogP) is 20.0. The molecule has 18 rings (SSSR count). The molecule has 14 aromatic carbocycles. The summed E-state index contributed by atoms with van der Waals surface area (Å²) in [7, 11) is 0. The minimum atomic E-state index is -0.330. The minimum absolute atomic E-state index is 0.00931. The van der Waals surface area contributed by atoms with E-state index in [1.54, 1.807) is 0 Å². The molecule has 0 radical (unpaired) electrons. The van der Waals surface area contributed by atoms with E-state index in [1.807, 2.05) is 24.3 Å². The molecule has 86 heavy (non-hydrogen) atoms. The van der Waals surface area contributed by atoms with E-state index in [9.17, 15) is 9.59 Å². The summed E-state index contributed by atoms with van der Waals surface area (Å²) in [5, 5.41) is 19.5. The van der Waals surface area contributed by atoms with Gasteiger partial charge in [-0.15, -0.1) is 0 Å². The third kappa shape index (κ3) is 8.84. The second kappa shape index (κ2) is 21.7. The fraction of sp³-hybridized carbons (Fsp3) is 0.175. The second-order valence-corrected chi connectivity index (χ2v) is 23.8. The largest absolute Gasteiger partial charge is 0.493 e. The van der Waals surface area contributed by atoms with Gasteiger partial charge in [-0.1, -0.05) is 194 Å². The summed E-state index contributed by atoms with van der Waals surface area (Å²) >= 11 is 0. The highest BCUT2D eigenvalue weighted by molar-refractivity contribution is 6.25. The smallest absolute Gasteiger partial charge is 0.338 e. The molecule has 4 atom stereocenters. The zero-order valence-corrected chi connectivity index (χ0v) is 47.8. The number of ether oxygens (including phenoxy) is 4. The number of hydrogen-bond acceptors (Lipinski definition) is 6. The lowest BCUT2D eigenvalue weighted by Gasteiger charge is -2.54. The van der Waals surface area contributed by atoms with Crippen LogP contribution in [0.4, 0.5) is 0 Å². The Bertz CT molecular complexity index is 4560. The van der Waals surface area contributed by atoms with E-state index < -0.39 is 0 Å². The summed E-state index contributed by atoms with van der Waals surface area (Å²) < 4.78 is 25.5. The van der Waals surface area contributed by atoms with E-state index in [0.717, 1.165) is 81.0 Å². The van der Waals surface area contributed by atoms with Gasteiger partial charge in [0.05, 0.1) is 37.6 Å². The molecule has 0 N–H and O–H groups in total. The van der Waals surface area contributed by atoms with Crippen LogP contribution in [-0.4, -0.2) is 38.4 Å². The standard InChI is InChI=1S/C80H62O6/c81-79-59-29-25-57(26-30-59)73-74(78(66-42-36-56-24-22-52-16-12-18-54-34-40-64(66)72(56)70(52)54)77(73)65-41-35-55-23-21-51-15-11-17-53-33-39-63(65)71(55)69(51)53)58-27-31-60(32-28-58)80(82)86-48-10-2-8-46-84-68-44-38-50-14-4-6-20-62(50)76(68)75-61-19-5-3-13-49(61)37-43-67(75)83-45-7-1-9-47-85-79/h3-6,11-44,73-74,77-78H,1-2,7-10,45-48H2. The Morgan fingerprint density at radius 2 is 0.593 bits per heavy atom. The molecule has 1 saturated carbocycles. The molecule has 0 amide bonds. The van der Waals surface area contributed by atoms with Gasteiger partial charge in [-0.25, -0.2) is 9.59 Å². The van der Waals surface area contributed by atoms with Crippen LogP contribution in [0.25, 0.3) is 97.3 Å². The van der Waals surface area contributed by atoms with Crippen LogP contribution in [-0.2, 0) is 9.47 Å². The molecule has 0 saturated heterocycles. The van der Waals surface area contributed by atoms with Crippen molar-refractivity contribution in [3.8, 4) is 22.6 Å². The predicted molar refractivity (Wildman–Crippen MR) is 350 cm³/mol. The van der Waals surface area contributed by atoms with Crippen LogP contribution in [0.1, 0.15) is 105 Å². The molecule has 4 aliphatic rings. The van der Waals surface area contributed by atoms with Crippen molar-refractivity contribution in [1.29, 1.82) is 0 Å². The van der Waals surface area contributed by atoms with Crippen molar-refractivity contribution in [1.82, 2.24) is 0 Å². The maximum Gasteiger partial charge on any atom is 0.338 e. The lowest BCUT2D eigenvalue weighted by molar-refractivity contribution is 0.0487. The van der Waals surface area contributed by atoms with Crippen molar-refractivity contribution in [3.63, 3.8) is 0 Å². The van der Waals surface area contributed by atoms with Gasteiger partial charge in [-0.05, 0) is 207 Å². The number of esters is 2. The lowest BCUT2D eigenvalue weighted by Crippen LogP contribution is -2.40. The molecule has 6 nitrogen and oxygen atoms in total. The first kappa shape index (κ1) is 51.8. The molecule has 4 unspecified atom stereocenters. The highest BCUT2D eigenvalue weighted by Crippen LogP contribution is 2.68. The Hall–Kier alpha value is -9.78. The summed E-state index contributed by atoms with van der Waals surface area (Å²) in [5.41, 5.74) is 7.98. The molecule has 418 valence electrons. The molecule has 0 spiro atoms. The molecule has 1 fully saturated rings. The number of benzene rings is 14. The number of fused-ring (bicyclic) bond motifs is 4. The summed E-state index contributed by atoms with van der Waals surface area (Å²) in [6.07, 6.45) is 4.68. The van der Waals surface area contributed by atoms with Crippen LogP contribution in [0.2, 0.25) is 0 Å². The Balaban J connectivity index is 0.765. The van der Waals surface area contributed by atoms with Gasteiger partial charge in [0, 0.05) is 11.1 Å². The van der Waals surface area contributed by atoms with E-state index in [0.29, 0.717) is 50.4 Å². The van der Waals surface area contributed by atoms with Crippen molar-refractivity contribution in [2.45, 2.75) is 62.2 Å². The normalized spacial score (nSPS) is 18.4. The fourth-order valence-corrected chi connectivity index (χ4v) is 15.0. The van der Waals surface area contributed by atoms with Crippen LogP contribution in [0.5, 0.6) is 11.5 Å². The quantitative estimate of drug-likeness (QED) is 0.127. The molecule has 6 heteroatoms. The second-order valence-electron chi connectivity index (χ2n) is 23.8. The average molecular weight is 1120 g/mol. The summed E-state index contributed by atoms with van der Waals surface area (Å²) in [6.45, 7) is 1.63. The highest BCUT2D eigenvalue weighted by atomic mass is 16.5. The van der Waals surface area contributed by atoms with Gasteiger partial charge in [0.1, 0.15) is 11.5 Å². The van der Waals surface area contributed by atoms with Gasteiger partial charge >= 0.3 is 11.9 Å². The number of rotatable bonds is 2. The van der Waals surface area contributed by atoms with Crippen LogP contribution in [0, 0.1) is 0 Å². The van der Waals surface area contributed by atoms with Crippen molar-refractivity contribution in [3.05, 3.63) is 264 Å². The van der Waals surface area contributed by atoms with Gasteiger partial charge in [0.15, 0.2) is 0 Å². The number of carbonyl (C=O) groups excluding carboxylic acids is 2. The first-order valence-corrected chi connectivity index (χ1v) is 30.7. The Kier molecular flexibility index (Phi) is 13.1. The fourth-order valence-electron chi connectivity index (χ4n) is 15.0.